The average Bonchev–Trinajstić information content (AvgIpc) is 0.786. The van der Waals surface area contributed by atoms with Gasteiger partial charge in [0.15, 0.2) is 65.6 Å². The number of ether oxygens (including phenoxy) is 5. The summed E-state index contributed by atoms with van der Waals surface area (Å²) in [5.41, 5.74) is 3.54. The summed E-state index contributed by atoms with van der Waals surface area (Å²) in [6.45, 7) is 8.15. The van der Waals surface area contributed by atoms with E-state index in [1.54, 1.807) is 60.7 Å². The van der Waals surface area contributed by atoms with Crippen LogP contribution in [0.15, 0.2) is 183 Å². The van der Waals surface area contributed by atoms with Crippen molar-refractivity contribution >= 4 is 122 Å². The number of halogens is 25. The van der Waals surface area contributed by atoms with Crippen LogP contribution in [0.2, 0.25) is 5.02 Å². The largest absolute Gasteiger partial charge is 0.468 e. The Labute approximate surface area is 735 Å². The van der Waals surface area contributed by atoms with Crippen LogP contribution in [0, 0.1) is 29.7 Å². The third-order valence-corrected chi connectivity index (χ3v) is 21.2. The lowest BCUT2D eigenvalue weighted by Crippen LogP contribution is -2.46. The van der Waals surface area contributed by atoms with Crippen molar-refractivity contribution in [2.45, 2.75) is 182 Å². The zero-order chi connectivity index (χ0) is 92.7. The lowest BCUT2D eigenvalue weighted by molar-refractivity contribution is -0.208. The van der Waals surface area contributed by atoms with Gasteiger partial charge in [0.1, 0.15) is 5.69 Å². The molecule has 0 unspecified atom stereocenters. The van der Waals surface area contributed by atoms with Crippen LogP contribution < -0.4 is 11.5 Å². The van der Waals surface area contributed by atoms with Crippen LogP contribution in [0.3, 0.4) is 0 Å². The second-order valence-electron chi connectivity index (χ2n) is 29.2. The molecule has 13 rings (SSSR count). The SMILES string of the molecule is CC1=N[C@](C)(c2cc(Br)cnc2F)C[C@@H](C(F)(F)F)O1.C[C@@]1(c2cc(Br)cnc2F)C[C@@H](C(F)(F)F)OC(CC(=O)c2ccccc2)=N1.C[C@@]1(c2cc(Br)cnc2F)C[C@@H](C(F)(F)F)OC(CC(=O)c2ccccc2)=N1.C[C@@]1(c2cc(Br)cnc2F)C[C@@H](C(F)(F)F)OC(N)=N1.C[C@@]1(c2cc(CC(=O)c3ccc(Cl)cn3)cnc2F)C[C@@H](C(F)(F)F)OC(N)=N1. The van der Waals surface area contributed by atoms with E-state index in [9.17, 15) is 102 Å². The van der Waals surface area contributed by atoms with E-state index in [-0.39, 0.29) is 63.2 Å². The number of carbonyl (C=O) groups excluding carboxylic acids is 3. The molecule has 4 N–H and O–H groups in total. The van der Waals surface area contributed by atoms with Crippen molar-refractivity contribution in [3.63, 3.8) is 0 Å². The van der Waals surface area contributed by atoms with Gasteiger partial charge < -0.3 is 35.2 Å². The Kier molecular flexibility index (Phi) is 31.0. The molecule has 2 aromatic carbocycles. The van der Waals surface area contributed by atoms with Gasteiger partial charge in [0, 0.05) is 139 Å². The van der Waals surface area contributed by atoms with Crippen LogP contribution in [-0.4, -0.2) is 138 Å². The topological polar surface area (TPSA) is 289 Å². The lowest BCUT2D eigenvalue weighted by Gasteiger charge is -2.36. The van der Waals surface area contributed by atoms with Crippen molar-refractivity contribution in [1.82, 2.24) is 29.9 Å². The monoisotopic (exact) mass is 2060 g/mol. The molecule has 21 nitrogen and oxygen atoms in total. The van der Waals surface area contributed by atoms with E-state index in [1.807, 2.05) is 0 Å². The van der Waals surface area contributed by atoms with Crippen molar-refractivity contribution in [2.75, 3.05) is 0 Å². The average molecular weight is 2060 g/mol. The minimum absolute atomic E-state index is 0.00350. The number of amidine groups is 2. The molecule has 0 spiro atoms. The molecule has 0 fully saturated rings. The Morgan fingerprint density at radius 2 is 0.664 bits per heavy atom. The summed E-state index contributed by atoms with van der Waals surface area (Å²) in [6, 6.07) is 24.4. The van der Waals surface area contributed by atoms with Crippen molar-refractivity contribution in [2.24, 2.45) is 36.4 Å². The molecule has 6 aromatic heterocycles. The van der Waals surface area contributed by atoms with E-state index < -0.39 is 193 Å². The minimum atomic E-state index is -4.71. The summed E-state index contributed by atoms with van der Waals surface area (Å²) < 4.78 is 293. The van der Waals surface area contributed by atoms with Crippen LogP contribution in [-0.2, 0) is 57.8 Å². The second-order valence-corrected chi connectivity index (χ2v) is 33.3. The number of hydrogen-bond acceptors (Lipinski definition) is 21. The van der Waals surface area contributed by atoms with Gasteiger partial charge in [-0.1, -0.05) is 72.3 Å². The smallest absolute Gasteiger partial charge is 0.425 e. The van der Waals surface area contributed by atoms with Crippen molar-refractivity contribution < 1.29 is 126 Å². The molecule has 5 aliphatic heterocycles. The van der Waals surface area contributed by atoms with Crippen molar-refractivity contribution in [3.8, 4) is 0 Å². The first-order valence-corrected chi connectivity index (χ1v) is 39.8. The van der Waals surface area contributed by atoms with Crippen molar-refractivity contribution in [1.29, 1.82) is 0 Å². The predicted molar refractivity (Wildman–Crippen MR) is 426 cm³/mol. The highest BCUT2D eigenvalue weighted by Crippen LogP contribution is 2.48. The first-order valence-electron chi connectivity index (χ1n) is 36.2. The number of nitrogens with zero attached hydrogens (tertiary/aromatic N) is 11. The number of alkyl halides is 15. The maximum atomic E-state index is 14.4. The fraction of sp³-hybridized carbons (Fsp3) is 0.367. The highest BCUT2D eigenvalue weighted by molar-refractivity contribution is 9.11. The number of carbonyl (C=O) groups is 3. The summed E-state index contributed by atoms with van der Waals surface area (Å²) in [6.07, 6.45) is -30.9. The molecule has 0 aliphatic carbocycles. The van der Waals surface area contributed by atoms with Gasteiger partial charge in [0.2, 0.25) is 29.7 Å². The molecule has 10 atom stereocenters. The molecular formula is C79H66Br4ClF20N13O8. The molecule has 46 heteroatoms. The molecule has 5 aliphatic rings. The van der Waals surface area contributed by atoms with Crippen LogP contribution in [0.1, 0.15) is 151 Å². The molecule has 8 aromatic rings. The standard InChI is InChI=1S/2C19H15BrF4N2O2.C18H15ClF4N4O2.C12H11BrF4N2O.C11H10BrF4N3O/c2*1-18(13-7-12(20)10-25-17(13)21)9-15(19(22,23)24)28-16(26-18)8-14(27)11-5-3-2-4-6-11;1-17(6-14(18(21,22)23)29-16(24)27-17)11-4-9(7-26-15(11)20)5-13(28)12-3-2-10(19)8-25-12;1-6-19-11(2,4-9(20-6)12(15,16)17)8-3-7(13)5-18-10(8)14;1-10(6-2-5(12)4-18-8(6)13)3-7(11(14,15)16)20-9(17)19-10/h2*2-7,10,15H,8-9H2,1H3;2-4,7-8,14H,5-6H2,1H3,(H2,24,27);3,5,9H,4H2,1-2H3;2,4,7H,3H2,1H3,(H2,17,19)/t2*15-,18-;14-,17-;9-,11-;7-,10-/m00000/s1. The fourth-order valence-corrected chi connectivity index (χ4v) is 14.7. The number of ketones is 3. The number of aliphatic imine (C=N–C) groups is 5. The molecule has 0 saturated heterocycles. The summed E-state index contributed by atoms with van der Waals surface area (Å²) in [5, 5.41) is 0.356. The number of hydrogen-bond donors (Lipinski definition) is 2. The van der Waals surface area contributed by atoms with E-state index in [2.05, 4.69) is 128 Å². The molecule has 11 heterocycles. The van der Waals surface area contributed by atoms with Gasteiger partial charge in [-0.2, -0.15) is 87.8 Å². The Balaban J connectivity index is 0.000000178. The van der Waals surface area contributed by atoms with E-state index in [1.165, 1.54) is 115 Å². The quantitative estimate of drug-likeness (QED) is 0.0581. The molecule has 670 valence electrons. The number of nitrogens with two attached hydrogens (primary N) is 2. The maximum absolute atomic E-state index is 14.4. The summed E-state index contributed by atoms with van der Waals surface area (Å²) in [4.78, 5) is 78.8. The van der Waals surface area contributed by atoms with Gasteiger partial charge in [0.05, 0.1) is 45.6 Å². The van der Waals surface area contributed by atoms with Crippen LogP contribution in [0.4, 0.5) is 87.8 Å². The normalized spacial score (nSPS) is 23.7. The van der Waals surface area contributed by atoms with Crippen LogP contribution >= 0.6 is 75.3 Å². The van der Waals surface area contributed by atoms with E-state index >= 15 is 0 Å². The van der Waals surface area contributed by atoms with Gasteiger partial charge in [-0.05, 0) is 146 Å². The number of benzene rings is 2. The first kappa shape index (κ1) is 98.9. The highest BCUT2D eigenvalue weighted by Gasteiger charge is 2.56. The Morgan fingerprint density at radius 3 is 0.976 bits per heavy atom. The third-order valence-electron chi connectivity index (χ3n) is 19.2. The summed E-state index contributed by atoms with van der Waals surface area (Å²) >= 11 is 18.2. The molecule has 0 bridgehead atoms. The molecule has 0 radical (unpaired) electrons. The number of Topliss-reactive ketones (excluding diaryl/α,β-unsaturated/α-hetero) is 3. The number of pyridine rings is 6. The third kappa shape index (κ3) is 25.9. The van der Waals surface area contributed by atoms with Crippen LogP contribution in [0.5, 0.6) is 0 Å². The summed E-state index contributed by atoms with van der Waals surface area (Å²) in [7, 11) is 0. The predicted octanol–water partition coefficient (Wildman–Crippen LogP) is 20.9. The zero-order valence-corrected chi connectivity index (χ0v) is 72.2. The second kappa shape index (κ2) is 39.1. The van der Waals surface area contributed by atoms with Gasteiger partial charge in [-0.15, -0.1) is 0 Å². The molecule has 0 amide bonds. The zero-order valence-electron chi connectivity index (χ0n) is 65.1. The maximum Gasteiger partial charge on any atom is 0.425 e. The van der Waals surface area contributed by atoms with E-state index in [4.69, 9.17) is 37.3 Å². The first-order chi connectivity index (χ1) is 57.9. The number of aromatic nitrogens is 6. The van der Waals surface area contributed by atoms with E-state index in [0.29, 0.717) is 34.0 Å². The Hall–Kier alpha value is -9.89. The van der Waals surface area contributed by atoms with Gasteiger partial charge >= 0.3 is 30.9 Å². The van der Waals surface area contributed by atoms with E-state index in [0.717, 1.165) is 6.20 Å². The van der Waals surface area contributed by atoms with Gasteiger partial charge in [0.25, 0.3) is 12.0 Å². The van der Waals surface area contributed by atoms with Crippen molar-refractivity contribution in [3.05, 3.63) is 243 Å². The highest BCUT2D eigenvalue weighted by atomic mass is 79.9. The lowest BCUT2D eigenvalue weighted by atomic mass is 9.85. The fourth-order valence-electron chi connectivity index (χ4n) is 13.2. The molecule has 125 heavy (non-hydrogen) atoms. The van der Waals surface area contributed by atoms with Gasteiger partial charge in [-0.3, -0.25) is 19.4 Å². The Bertz CT molecular complexity index is 5190. The van der Waals surface area contributed by atoms with Gasteiger partial charge in [-0.25, -0.2) is 49.9 Å². The molecule has 0 saturated carbocycles. The minimum Gasteiger partial charge on any atom is -0.468 e. The number of rotatable bonds is 14. The Morgan fingerprint density at radius 1 is 0.376 bits per heavy atom. The van der Waals surface area contributed by atoms with Crippen LogP contribution in [0.25, 0.3) is 0 Å². The molecular weight excluding hydrogens is 1990 g/mol. The summed E-state index contributed by atoms with van der Waals surface area (Å²) in [5.74, 6) is -6.77.